The molecule has 1 aromatic rings. The van der Waals surface area contributed by atoms with Gasteiger partial charge in [0.05, 0.1) is 14.0 Å². The van der Waals surface area contributed by atoms with E-state index >= 15 is 0 Å². The average Bonchev–Trinajstić information content (AvgIpc) is 2.26. The summed E-state index contributed by atoms with van der Waals surface area (Å²) in [7, 11) is 0. The molecule has 7 heteroatoms. The maximum absolute atomic E-state index is 12.0. The molecular formula is C7H6Br2F3NS. The highest BCUT2D eigenvalue weighted by Gasteiger charge is 2.32. The maximum Gasteiger partial charge on any atom is 0.390 e. The van der Waals surface area contributed by atoms with Gasteiger partial charge in [-0.1, -0.05) is 0 Å². The summed E-state index contributed by atoms with van der Waals surface area (Å²) in [5.74, 6) is 0. The number of thiophene rings is 1. The van der Waals surface area contributed by atoms with Crippen LogP contribution in [0.2, 0.25) is 0 Å². The lowest BCUT2D eigenvalue weighted by Crippen LogP contribution is -2.19. The molecular weight excluding hydrogens is 347 g/mol. The number of alkyl halides is 3. The SMILES string of the molecule is NC(CC(F)(F)F)c1cc(Br)sc1Br. The van der Waals surface area contributed by atoms with Crippen molar-refractivity contribution < 1.29 is 13.2 Å². The van der Waals surface area contributed by atoms with E-state index in [1.165, 1.54) is 11.3 Å². The molecule has 1 heterocycles. The van der Waals surface area contributed by atoms with Gasteiger partial charge in [0, 0.05) is 6.04 Å². The van der Waals surface area contributed by atoms with Gasteiger partial charge in [0.2, 0.25) is 0 Å². The van der Waals surface area contributed by atoms with Crippen LogP contribution >= 0.6 is 43.2 Å². The molecule has 0 saturated carbocycles. The largest absolute Gasteiger partial charge is 0.390 e. The van der Waals surface area contributed by atoms with Gasteiger partial charge in [-0.15, -0.1) is 11.3 Å². The molecule has 0 aliphatic carbocycles. The van der Waals surface area contributed by atoms with Crippen molar-refractivity contribution in [3.63, 3.8) is 0 Å². The molecule has 0 amide bonds. The summed E-state index contributed by atoms with van der Waals surface area (Å²) in [5.41, 5.74) is 5.92. The third-order valence-electron chi connectivity index (χ3n) is 1.53. The molecule has 0 aliphatic heterocycles. The number of halogens is 5. The summed E-state index contributed by atoms with van der Waals surface area (Å²) in [6, 6.07) is 0.595. The van der Waals surface area contributed by atoms with Gasteiger partial charge in [0.15, 0.2) is 0 Å². The van der Waals surface area contributed by atoms with Crippen LogP contribution in [0.4, 0.5) is 13.2 Å². The Hall–Kier alpha value is 0.410. The molecule has 0 fully saturated rings. The highest BCUT2D eigenvalue weighted by atomic mass is 79.9. The van der Waals surface area contributed by atoms with E-state index in [0.29, 0.717) is 9.35 Å². The monoisotopic (exact) mass is 351 g/mol. The summed E-state index contributed by atoms with van der Waals surface area (Å²) in [6.45, 7) is 0. The van der Waals surface area contributed by atoms with Gasteiger partial charge in [-0.25, -0.2) is 0 Å². The van der Waals surface area contributed by atoms with Crippen molar-refractivity contribution >= 4 is 43.2 Å². The van der Waals surface area contributed by atoms with Gasteiger partial charge in [-0.2, -0.15) is 13.2 Å². The van der Waals surface area contributed by atoms with Crippen LogP contribution in [-0.4, -0.2) is 6.18 Å². The lowest BCUT2D eigenvalue weighted by atomic mass is 10.1. The molecule has 0 saturated heterocycles. The molecule has 0 aromatic carbocycles. The van der Waals surface area contributed by atoms with Crippen LogP contribution in [0.15, 0.2) is 13.6 Å². The van der Waals surface area contributed by atoms with E-state index in [2.05, 4.69) is 31.9 Å². The van der Waals surface area contributed by atoms with Gasteiger partial charge < -0.3 is 5.73 Å². The fraction of sp³-hybridized carbons (Fsp3) is 0.429. The smallest absolute Gasteiger partial charge is 0.324 e. The Labute approximate surface area is 99.7 Å². The fourth-order valence-electron chi connectivity index (χ4n) is 0.965. The maximum atomic E-state index is 12.0. The topological polar surface area (TPSA) is 26.0 Å². The molecule has 1 atom stereocenters. The molecule has 80 valence electrons. The Morgan fingerprint density at radius 3 is 2.36 bits per heavy atom. The fourth-order valence-corrected chi connectivity index (χ4v) is 3.97. The van der Waals surface area contributed by atoms with Crippen LogP contribution < -0.4 is 5.73 Å². The van der Waals surface area contributed by atoms with Crippen LogP contribution in [-0.2, 0) is 0 Å². The van der Waals surface area contributed by atoms with Crippen LogP contribution in [0.1, 0.15) is 18.0 Å². The second-order valence-corrected chi connectivity index (χ2v) is 6.45. The molecule has 0 radical (unpaired) electrons. The zero-order valence-corrected chi connectivity index (χ0v) is 10.7. The van der Waals surface area contributed by atoms with E-state index in [4.69, 9.17) is 5.73 Å². The zero-order chi connectivity index (χ0) is 10.9. The van der Waals surface area contributed by atoms with Crippen molar-refractivity contribution in [3.8, 4) is 0 Å². The predicted molar refractivity (Wildman–Crippen MR) is 57.3 cm³/mol. The standard InChI is InChI=1S/C7H6Br2F3NS/c8-5-1-3(6(9)14-5)4(13)2-7(10,11)12/h1,4H,2,13H2. The Kier molecular flexibility index (Phi) is 4.02. The summed E-state index contributed by atoms with van der Waals surface area (Å²) in [5, 5.41) is 0. The first kappa shape index (κ1) is 12.5. The lowest BCUT2D eigenvalue weighted by Gasteiger charge is -2.13. The van der Waals surface area contributed by atoms with E-state index in [0.717, 1.165) is 3.79 Å². The summed E-state index contributed by atoms with van der Waals surface area (Å²) >= 11 is 7.66. The normalized spacial score (nSPS) is 14.4. The molecule has 2 N–H and O–H groups in total. The highest BCUT2D eigenvalue weighted by Crippen LogP contribution is 2.38. The molecule has 14 heavy (non-hydrogen) atoms. The van der Waals surface area contributed by atoms with E-state index in [-0.39, 0.29) is 0 Å². The van der Waals surface area contributed by atoms with Gasteiger partial charge in [-0.05, 0) is 43.5 Å². The molecule has 0 spiro atoms. The number of rotatable bonds is 2. The number of hydrogen-bond donors (Lipinski definition) is 1. The predicted octanol–water partition coefficient (Wildman–Crippen LogP) is 4.23. The van der Waals surface area contributed by atoms with Gasteiger partial charge >= 0.3 is 6.18 Å². The van der Waals surface area contributed by atoms with Gasteiger partial charge in [-0.3, -0.25) is 0 Å². The Morgan fingerprint density at radius 2 is 2.00 bits per heavy atom. The number of hydrogen-bond acceptors (Lipinski definition) is 2. The van der Waals surface area contributed by atoms with Crippen LogP contribution in [0.5, 0.6) is 0 Å². The molecule has 0 aliphatic rings. The second kappa shape index (κ2) is 4.51. The van der Waals surface area contributed by atoms with Gasteiger partial charge in [0.25, 0.3) is 0 Å². The Balaban J connectivity index is 2.79. The van der Waals surface area contributed by atoms with E-state index in [1.807, 2.05) is 0 Å². The zero-order valence-electron chi connectivity index (χ0n) is 6.74. The minimum absolute atomic E-state index is 0.485. The first-order valence-electron chi connectivity index (χ1n) is 3.56. The highest BCUT2D eigenvalue weighted by molar-refractivity contribution is 9.12. The first-order chi connectivity index (χ1) is 6.29. The molecule has 1 rings (SSSR count). The number of nitrogens with two attached hydrogens (primary N) is 1. The molecule has 1 unspecified atom stereocenters. The van der Waals surface area contributed by atoms with Crippen LogP contribution in [0.25, 0.3) is 0 Å². The second-order valence-electron chi connectivity index (χ2n) is 2.71. The van der Waals surface area contributed by atoms with E-state index in [9.17, 15) is 13.2 Å². The minimum Gasteiger partial charge on any atom is -0.324 e. The Morgan fingerprint density at radius 1 is 1.43 bits per heavy atom. The van der Waals surface area contributed by atoms with Crippen LogP contribution in [0, 0.1) is 0 Å². The van der Waals surface area contributed by atoms with Gasteiger partial charge in [0.1, 0.15) is 0 Å². The molecule has 1 aromatic heterocycles. The third kappa shape index (κ3) is 3.52. The first-order valence-corrected chi connectivity index (χ1v) is 5.97. The van der Waals surface area contributed by atoms with Crippen molar-refractivity contribution in [2.45, 2.75) is 18.6 Å². The molecule has 1 nitrogen and oxygen atoms in total. The minimum atomic E-state index is -4.23. The summed E-state index contributed by atoms with van der Waals surface area (Å²) in [4.78, 5) is 0. The van der Waals surface area contributed by atoms with Crippen molar-refractivity contribution in [1.82, 2.24) is 0 Å². The Bertz CT molecular complexity index is 323. The lowest BCUT2D eigenvalue weighted by molar-refractivity contribution is -0.138. The molecule has 0 bridgehead atoms. The summed E-state index contributed by atoms with van der Waals surface area (Å²) in [6.07, 6.45) is -5.23. The summed E-state index contributed by atoms with van der Waals surface area (Å²) < 4.78 is 37.5. The van der Waals surface area contributed by atoms with Crippen molar-refractivity contribution in [3.05, 3.63) is 19.2 Å². The third-order valence-corrected chi connectivity index (χ3v) is 3.92. The van der Waals surface area contributed by atoms with E-state index < -0.39 is 18.6 Å². The quantitative estimate of drug-likeness (QED) is 0.847. The van der Waals surface area contributed by atoms with Crippen molar-refractivity contribution in [2.24, 2.45) is 5.73 Å². The van der Waals surface area contributed by atoms with E-state index in [1.54, 1.807) is 6.07 Å². The van der Waals surface area contributed by atoms with Crippen molar-refractivity contribution in [1.29, 1.82) is 0 Å². The average molecular weight is 353 g/mol. The van der Waals surface area contributed by atoms with Crippen LogP contribution in [0.3, 0.4) is 0 Å². The van der Waals surface area contributed by atoms with Crippen molar-refractivity contribution in [2.75, 3.05) is 0 Å².